The molecule has 8 nitrogen and oxygen atoms in total. The van der Waals surface area contributed by atoms with Gasteiger partial charge in [-0.05, 0) is 25.5 Å². The molecule has 0 bridgehead atoms. The molecule has 1 aromatic rings. The van der Waals surface area contributed by atoms with Crippen molar-refractivity contribution in [3.05, 3.63) is 12.1 Å². The van der Waals surface area contributed by atoms with Gasteiger partial charge in [-0.2, -0.15) is 0 Å². The molecule has 2 rings (SSSR count). The predicted octanol–water partition coefficient (Wildman–Crippen LogP) is 1.49. The normalized spacial score (nSPS) is 14.5. The van der Waals surface area contributed by atoms with E-state index in [1.54, 1.807) is 17.9 Å². The number of rotatable bonds is 5. The number of hydrogen-bond donors (Lipinski definition) is 1. The average molecular weight is 321 g/mol. The number of anilines is 2. The Morgan fingerprint density at radius 3 is 2.48 bits per heavy atom. The fourth-order valence-electron chi connectivity index (χ4n) is 2.33. The minimum absolute atomic E-state index is 0.0578. The fraction of sp³-hybridized carbons (Fsp3) is 0.600. The summed E-state index contributed by atoms with van der Waals surface area (Å²) in [6, 6.07) is 3.57. The lowest BCUT2D eigenvalue weighted by molar-refractivity contribution is -0.116. The molecule has 1 saturated heterocycles. The number of nitrogens with one attached hydrogen (secondary N) is 1. The van der Waals surface area contributed by atoms with E-state index in [1.807, 2.05) is 13.0 Å². The lowest BCUT2D eigenvalue weighted by Gasteiger charge is -2.34. The highest BCUT2D eigenvalue weighted by molar-refractivity contribution is 5.89. The summed E-state index contributed by atoms with van der Waals surface area (Å²) in [5.74, 6) is 1.14. The van der Waals surface area contributed by atoms with Gasteiger partial charge in [-0.1, -0.05) is 6.92 Å². The SMILES string of the molecule is CCCC(=O)Nc1ccc(N2CCN(C(=O)OCC)CC2)nn1. The van der Waals surface area contributed by atoms with Gasteiger partial charge in [-0.25, -0.2) is 4.79 Å². The van der Waals surface area contributed by atoms with E-state index in [1.165, 1.54) is 0 Å². The lowest BCUT2D eigenvalue weighted by Crippen LogP contribution is -2.49. The van der Waals surface area contributed by atoms with Crippen molar-refractivity contribution >= 4 is 23.6 Å². The van der Waals surface area contributed by atoms with Crippen molar-refractivity contribution < 1.29 is 14.3 Å². The van der Waals surface area contributed by atoms with Crippen LogP contribution in [0.2, 0.25) is 0 Å². The molecule has 0 spiro atoms. The van der Waals surface area contributed by atoms with Gasteiger partial charge in [0, 0.05) is 32.6 Å². The second-order valence-electron chi connectivity index (χ2n) is 5.25. The Labute approximate surface area is 135 Å². The van der Waals surface area contributed by atoms with Crippen molar-refractivity contribution in [2.24, 2.45) is 0 Å². The van der Waals surface area contributed by atoms with E-state index in [4.69, 9.17) is 4.74 Å². The summed E-state index contributed by atoms with van der Waals surface area (Å²) in [6.07, 6.45) is 0.994. The van der Waals surface area contributed by atoms with Crippen LogP contribution in [-0.2, 0) is 9.53 Å². The summed E-state index contributed by atoms with van der Waals surface area (Å²) in [7, 11) is 0. The summed E-state index contributed by atoms with van der Waals surface area (Å²) < 4.78 is 5.00. The van der Waals surface area contributed by atoms with Crippen LogP contribution in [0.15, 0.2) is 12.1 Å². The second kappa shape index (κ2) is 8.30. The van der Waals surface area contributed by atoms with Crippen molar-refractivity contribution in [3.63, 3.8) is 0 Å². The number of carbonyl (C=O) groups excluding carboxylic acids is 2. The third-order valence-electron chi connectivity index (χ3n) is 3.52. The summed E-state index contributed by atoms with van der Waals surface area (Å²) in [6.45, 7) is 6.67. The predicted molar refractivity (Wildman–Crippen MR) is 86.4 cm³/mol. The topological polar surface area (TPSA) is 87.7 Å². The van der Waals surface area contributed by atoms with Crippen molar-refractivity contribution in [2.45, 2.75) is 26.7 Å². The Morgan fingerprint density at radius 2 is 1.91 bits per heavy atom. The van der Waals surface area contributed by atoms with Crippen molar-refractivity contribution in [3.8, 4) is 0 Å². The lowest BCUT2D eigenvalue weighted by atomic mass is 10.3. The first kappa shape index (κ1) is 17.0. The molecule has 1 N–H and O–H groups in total. The summed E-state index contributed by atoms with van der Waals surface area (Å²) >= 11 is 0. The minimum Gasteiger partial charge on any atom is -0.450 e. The van der Waals surface area contributed by atoms with E-state index in [-0.39, 0.29) is 12.0 Å². The number of ether oxygens (including phenoxy) is 1. The quantitative estimate of drug-likeness (QED) is 0.884. The van der Waals surface area contributed by atoms with E-state index >= 15 is 0 Å². The van der Waals surface area contributed by atoms with Gasteiger partial charge in [0.2, 0.25) is 5.91 Å². The molecule has 0 aromatic carbocycles. The third-order valence-corrected chi connectivity index (χ3v) is 3.52. The number of nitrogens with zero attached hydrogens (tertiary/aromatic N) is 4. The smallest absolute Gasteiger partial charge is 0.409 e. The van der Waals surface area contributed by atoms with Gasteiger partial charge in [-0.3, -0.25) is 4.79 Å². The van der Waals surface area contributed by atoms with Crippen LogP contribution in [0.25, 0.3) is 0 Å². The van der Waals surface area contributed by atoms with E-state index in [2.05, 4.69) is 20.4 Å². The molecule has 0 unspecified atom stereocenters. The maximum atomic E-state index is 11.7. The molecule has 23 heavy (non-hydrogen) atoms. The van der Waals surface area contributed by atoms with Crippen LogP contribution >= 0.6 is 0 Å². The zero-order chi connectivity index (χ0) is 16.7. The molecule has 1 aliphatic heterocycles. The Bertz CT molecular complexity index is 526. The van der Waals surface area contributed by atoms with Gasteiger partial charge in [0.25, 0.3) is 0 Å². The van der Waals surface area contributed by atoms with Crippen LogP contribution in [0.3, 0.4) is 0 Å². The highest BCUT2D eigenvalue weighted by atomic mass is 16.6. The Kier molecular flexibility index (Phi) is 6.13. The van der Waals surface area contributed by atoms with Gasteiger partial charge in [0.05, 0.1) is 6.61 Å². The highest BCUT2D eigenvalue weighted by Crippen LogP contribution is 2.15. The van der Waals surface area contributed by atoms with Crippen LogP contribution in [0.4, 0.5) is 16.4 Å². The van der Waals surface area contributed by atoms with E-state index in [0.29, 0.717) is 45.0 Å². The maximum absolute atomic E-state index is 11.7. The average Bonchev–Trinajstić information content (AvgIpc) is 2.56. The number of aromatic nitrogens is 2. The molecule has 1 aromatic heterocycles. The standard InChI is InChI=1S/C15H23N5O3/c1-3-5-14(21)16-12-6-7-13(18-17-12)19-8-10-20(11-9-19)15(22)23-4-2/h6-7H,3-5,8-11H2,1-2H3,(H,16,17,21). The molecule has 8 heteroatoms. The zero-order valence-corrected chi connectivity index (χ0v) is 13.6. The van der Waals surface area contributed by atoms with Crippen LogP contribution in [0.1, 0.15) is 26.7 Å². The molecule has 0 aliphatic carbocycles. The first-order valence-electron chi connectivity index (χ1n) is 7.94. The third kappa shape index (κ3) is 4.80. The summed E-state index contributed by atoms with van der Waals surface area (Å²) in [5, 5.41) is 10.9. The minimum atomic E-state index is -0.271. The van der Waals surface area contributed by atoms with Gasteiger partial charge >= 0.3 is 6.09 Å². The van der Waals surface area contributed by atoms with Crippen LogP contribution in [0, 0.1) is 0 Å². The molecule has 0 radical (unpaired) electrons. The first-order valence-corrected chi connectivity index (χ1v) is 7.94. The Balaban J connectivity index is 1.86. The number of amides is 2. The molecule has 0 atom stereocenters. The molecule has 1 fully saturated rings. The Morgan fingerprint density at radius 1 is 1.17 bits per heavy atom. The molecule has 0 saturated carbocycles. The second-order valence-corrected chi connectivity index (χ2v) is 5.25. The Hall–Kier alpha value is -2.38. The van der Waals surface area contributed by atoms with Crippen molar-refractivity contribution in [2.75, 3.05) is 43.0 Å². The molecule has 1 aliphatic rings. The van der Waals surface area contributed by atoms with Crippen molar-refractivity contribution in [1.29, 1.82) is 0 Å². The number of piperazine rings is 1. The molecule has 2 amide bonds. The zero-order valence-electron chi connectivity index (χ0n) is 13.6. The van der Waals surface area contributed by atoms with Gasteiger partial charge in [0.1, 0.15) is 0 Å². The monoisotopic (exact) mass is 321 g/mol. The van der Waals surface area contributed by atoms with Gasteiger partial charge < -0.3 is 19.9 Å². The molecular formula is C15H23N5O3. The molecular weight excluding hydrogens is 298 g/mol. The van der Waals surface area contributed by atoms with Crippen molar-refractivity contribution in [1.82, 2.24) is 15.1 Å². The first-order chi connectivity index (χ1) is 11.1. The fourth-order valence-corrected chi connectivity index (χ4v) is 2.33. The largest absolute Gasteiger partial charge is 0.450 e. The van der Waals surface area contributed by atoms with Gasteiger partial charge in [-0.15, -0.1) is 10.2 Å². The number of hydrogen-bond acceptors (Lipinski definition) is 6. The van der Waals surface area contributed by atoms with E-state index in [0.717, 1.165) is 12.2 Å². The molecule has 2 heterocycles. The summed E-state index contributed by atoms with van der Waals surface area (Å²) in [4.78, 5) is 26.9. The summed E-state index contributed by atoms with van der Waals surface area (Å²) in [5.41, 5.74) is 0. The molecule has 126 valence electrons. The van der Waals surface area contributed by atoms with Crippen LogP contribution in [0.5, 0.6) is 0 Å². The van der Waals surface area contributed by atoms with E-state index in [9.17, 15) is 9.59 Å². The van der Waals surface area contributed by atoms with Crippen LogP contribution in [-0.4, -0.2) is 59.9 Å². The van der Waals surface area contributed by atoms with E-state index < -0.39 is 0 Å². The number of carbonyl (C=O) groups is 2. The maximum Gasteiger partial charge on any atom is 0.409 e. The van der Waals surface area contributed by atoms with Crippen LogP contribution < -0.4 is 10.2 Å². The van der Waals surface area contributed by atoms with Gasteiger partial charge in [0.15, 0.2) is 11.6 Å². The highest BCUT2D eigenvalue weighted by Gasteiger charge is 2.22.